The van der Waals surface area contributed by atoms with Crippen LogP contribution in [-0.2, 0) is 7.05 Å². The van der Waals surface area contributed by atoms with Crippen molar-refractivity contribution in [3.8, 4) is 17.0 Å². The lowest BCUT2D eigenvalue weighted by Gasteiger charge is -2.10. The number of rotatable bonds is 2. The highest BCUT2D eigenvalue weighted by molar-refractivity contribution is 9.10. The summed E-state index contributed by atoms with van der Waals surface area (Å²) in [5.74, 6) is 0.875. The molecule has 0 atom stereocenters. The zero-order chi connectivity index (χ0) is 13.4. The summed E-state index contributed by atoms with van der Waals surface area (Å²) in [6.07, 6.45) is 0. The van der Waals surface area contributed by atoms with Crippen molar-refractivity contribution in [3.63, 3.8) is 0 Å². The van der Waals surface area contributed by atoms with Gasteiger partial charge in [-0.05, 0) is 30.3 Å². The van der Waals surface area contributed by atoms with Gasteiger partial charge < -0.3 is 9.30 Å². The van der Waals surface area contributed by atoms with E-state index >= 15 is 0 Å². The number of halogens is 1. The molecule has 0 saturated carbocycles. The first kappa shape index (κ1) is 12.3. The summed E-state index contributed by atoms with van der Waals surface area (Å²) in [4.78, 5) is 0. The molecule has 0 radical (unpaired) electrons. The summed E-state index contributed by atoms with van der Waals surface area (Å²) in [5, 5.41) is 1.24. The van der Waals surface area contributed by atoms with Gasteiger partial charge in [0.2, 0.25) is 0 Å². The number of nitrogens with zero attached hydrogens (tertiary/aromatic N) is 1. The summed E-state index contributed by atoms with van der Waals surface area (Å²) in [6, 6.07) is 16.7. The third-order valence-corrected chi connectivity index (χ3v) is 3.88. The van der Waals surface area contributed by atoms with Crippen molar-refractivity contribution in [2.24, 2.45) is 7.05 Å². The van der Waals surface area contributed by atoms with Crippen LogP contribution in [0.4, 0.5) is 0 Å². The van der Waals surface area contributed by atoms with Gasteiger partial charge in [0.25, 0.3) is 0 Å². The molecule has 0 unspecified atom stereocenters. The van der Waals surface area contributed by atoms with Gasteiger partial charge in [0.1, 0.15) is 5.75 Å². The van der Waals surface area contributed by atoms with Gasteiger partial charge in [-0.15, -0.1) is 0 Å². The minimum Gasteiger partial charge on any atom is -0.496 e. The van der Waals surface area contributed by atoms with E-state index in [2.05, 4.69) is 63.9 Å². The highest BCUT2D eigenvalue weighted by atomic mass is 79.9. The fraction of sp³-hybridized carbons (Fsp3) is 0.125. The van der Waals surface area contributed by atoms with E-state index < -0.39 is 0 Å². The molecule has 0 aliphatic rings. The van der Waals surface area contributed by atoms with Gasteiger partial charge >= 0.3 is 0 Å². The zero-order valence-electron chi connectivity index (χ0n) is 10.9. The van der Waals surface area contributed by atoms with Crippen LogP contribution in [0.3, 0.4) is 0 Å². The summed E-state index contributed by atoms with van der Waals surface area (Å²) in [7, 11) is 3.78. The summed E-state index contributed by atoms with van der Waals surface area (Å²) >= 11 is 3.48. The topological polar surface area (TPSA) is 14.2 Å². The first-order valence-electron chi connectivity index (χ1n) is 6.09. The van der Waals surface area contributed by atoms with Gasteiger partial charge in [-0.25, -0.2) is 0 Å². The molecule has 1 heterocycles. The highest BCUT2D eigenvalue weighted by Crippen LogP contribution is 2.35. The molecule has 3 heteroatoms. The first-order chi connectivity index (χ1) is 9.20. The van der Waals surface area contributed by atoms with E-state index in [1.807, 2.05) is 12.1 Å². The van der Waals surface area contributed by atoms with Gasteiger partial charge in [0, 0.05) is 28.0 Å². The summed E-state index contributed by atoms with van der Waals surface area (Å²) < 4.78 is 8.70. The van der Waals surface area contributed by atoms with Crippen LogP contribution in [0.5, 0.6) is 5.75 Å². The molecule has 0 amide bonds. The van der Waals surface area contributed by atoms with Crippen LogP contribution < -0.4 is 4.74 Å². The number of benzene rings is 2. The standard InChI is InChI=1S/C16H14BrNO/c1-18-14-6-4-3-5-11(14)9-15(18)13-8-7-12(17)10-16(13)19-2/h3-10H,1-2H3. The Kier molecular flexibility index (Phi) is 3.07. The maximum Gasteiger partial charge on any atom is 0.129 e. The van der Waals surface area contributed by atoms with Crippen molar-refractivity contribution >= 4 is 26.8 Å². The van der Waals surface area contributed by atoms with Crippen LogP contribution in [0.25, 0.3) is 22.2 Å². The number of aromatic nitrogens is 1. The number of para-hydroxylation sites is 1. The van der Waals surface area contributed by atoms with Crippen LogP contribution in [0.2, 0.25) is 0 Å². The van der Waals surface area contributed by atoms with Gasteiger partial charge in [-0.2, -0.15) is 0 Å². The fourth-order valence-corrected chi connectivity index (χ4v) is 2.76. The maximum atomic E-state index is 5.49. The van der Waals surface area contributed by atoms with Crippen molar-refractivity contribution in [2.75, 3.05) is 7.11 Å². The lowest BCUT2D eigenvalue weighted by molar-refractivity contribution is 0.416. The predicted molar refractivity (Wildman–Crippen MR) is 82.6 cm³/mol. The number of hydrogen-bond donors (Lipinski definition) is 0. The Balaban J connectivity index is 2.27. The lowest BCUT2D eigenvalue weighted by atomic mass is 10.1. The van der Waals surface area contributed by atoms with E-state index in [4.69, 9.17) is 4.74 Å². The molecule has 0 spiro atoms. The Morgan fingerprint density at radius 2 is 1.84 bits per heavy atom. The van der Waals surface area contributed by atoms with Crippen molar-refractivity contribution in [2.45, 2.75) is 0 Å². The molecule has 1 aromatic heterocycles. The molecule has 2 nitrogen and oxygen atoms in total. The van der Waals surface area contributed by atoms with E-state index in [1.165, 1.54) is 10.9 Å². The molecular formula is C16H14BrNO. The van der Waals surface area contributed by atoms with Gasteiger partial charge in [0.05, 0.1) is 12.8 Å². The summed E-state index contributed by atoms with van der Waals surface area (Å²) in [5.41, 5.74) is 3.48. The SMILES string of the molecule is COc1cc(Br)ccc1-c1cc2ccccc2n1C. The van der Waals surface area contributed by atoms with E-state index in [9.17, 15) is 0 Å². The summed E-state index contributed by atoms with van der Waals surface area (Å²) in [6.45, 7) is 0. The molecule has 3 rings (SSSR count). The molecule has 96 valence electrons. The first-order valence-corrected chi connectivity index (χ1v) is 6.88. The monoisotopic (exact) mass is 315 g/mol. The average molecular weight is 316 g/mol. The quantitative estimate of drug-likeness (QED) is 0.673. The second-order valence-corrected chi connectivity index (χ2v) is 5.41. The molecule has 2 aromatic carbocycles. The maximum absolute atomic E-state index is 5.49. The zero-order valence-corrected chi connectivity index (χ0v) is 12.4. The third-order valence-electron chi connectivity index (χ3n) is 3.39. The van der Waals surface area contributed by atoms with Crippen LogP contribution in [0.15, 0.2) is 53.0 Å². The van der Waals surface area contributed by atoms with Crippen molar-refractivity contribution in [1.29, 1.82) is 0 Å². The Bertz CT molecular complexity index is 746. The van der Waals surface area contributed by atoms with Crippen molar-refractivity contribution < 1.29 is 4.74 Å². The van der Waals surface area contributed by atoms with Crippen LogP contribution in [-0.4, -0.2) is 11.7 Å². The number of ether oxygens (including phenoxy) is 1. The van der Waals surface area contributed by atoms with Crippen LogP contribution in [0, 0.1) is 0 Å². The number of hydrogen-bond acceptors (Lipinski definition) is 1. The van der Waals surface area contributed by atoms with E-state index in [1.54, 1.807) is 7.11 Å². The largest absolute Gasteiger partial charge is 0.496 e. The van der Waals surface area contributed by atoms with E-state index in [0.717, 1.165) is 21.5 Å². The van der Waals surface area contributed by atoms with E-state index in [0.29, 0.717) is 0 Å². The molecule has 0 bridgehead atoms. The van der Waals surface area contributed by atoms with Crippen molar-refractivity contribution in [1.82, 2.24) is 4.57 Å². The third kappa shape index (κ3) is 2.04. The van der Waals surface area contributed by atoms with Crippen molar-refractivity contribution in [3.05, 3.63) is 53.0 Å². The number of methoxy groups -OCH3 is 1. The lowest BCUT2D eigenvalue weighted by Crippen LogP contribution is -1.94. The number of fused-ring (bicyclic) bond motifs is 1. The van der Waals surface area contributed by atoms with Gasteiger partial charge in [-0.1, -0.05) is 34.1 Å². The Labute approximate surface area is 120 Å². The number of aryl methyl sites for hydroxylation is 1. The van der Waals surface area contributed by atoms with Crippen LogP contribution >= 0.6 is 15.9 Å². The second kappa shape index (κ2) is 4.74. The molecule has 0 aliphatic heterocycles. The smallest absolute Gasteiger partial charge is 0.129 e. The van der Waals surface area contributed by atoms with Gasteiger partial charge in [-0.3, -0.25) is 0 Å². The predicted octanol–water partition coefficient (Wildman–Crippen LogP) is 4.62. The van der Waals surface area contributed by atoms with Crippen LogP contribution in [0.1, 0.15) is 0 Å². The van der Waals surface area contributed by atoms with E-state index in [-0.39, 0.29) is 0 Å². The molecule has 0 N–H and O–H groups in total. The molecular weight excluding hydrogens is 302 g/mol. The average Bonchev–Trinajstić information content (AvgIpc) is 2.76. The normalized spacial score (nSPS) is 10.9. The minimum absolute atomic E-state index is 0.875. The Morgan fingerprint density at radius 1 is 1.05 bits per heavy atom. The van der Waals surface area contributed by atoms with Gasteiger partial charge in [0.15, 0.2) is 0 Å². The molecule has 3 aromatic rings. The molecule has 0 fully saturated rings. The molecule has 0 aliphatic carbocycles. The second-order valence-electron chi connectivity index (χ2n) is 4.49. The Morgan fingerprint density at radius 3 is 2.58 bits per heavy atom. The Hall–Kier alpha value is -1.74. The minimum atomic E-state index is 0.875. The molecule has 0 saturated heterocycles. The highest BCUT2D eigenvalue weighted by Gasteiger charge is 2.12. The fourth-order valence-electron chi connectivity index (χ4n) is 2.42. The molecule has 19 heavy (non-hydrogen) atoms.